The van der Waals surface area contributed by atoms with Crippen LogP contribution in [-0.2, 0) is 16.2 Å². The molecule has 0 aliphatic carbocycles. The molecular weight excluding hydrogens is 258 g/mol. The lowest BCUT2D eigenvalue weighted by Crippen LogP contribution is -2.30. The van der Waals surface area contributed by atoms with Crippen molar-refractivity contribution in [2.45, 2.75) is 19.5 Å². The first-order valence-electron chi connectivity index (χ1n) is 5.74. The Morgan fingerprint density at radius 3 is 2.79 bits per heavy atom. The molecule has 6 nitrogen and oxygen atoms in total. The number of hydrogen-bond acceptors (Lipinski definition) is 4. The van der Waals surface area contributed by atoms with Crippen LogP contribution in [0.4, 0.5) is 8.78 Å². The lowest BCUT2D eigenvalue weighted by Gasteiger charge is -2.19. The number of alkyl halides is 2. The Bertz CT molecular complexity index is 411. The topological polar surface area (TPSA) is 50.6 Å². The van der Waals surface area contributed by atoms with Crippen molar-refractivity contribution in [3.63, 3.8) is 0 Å². The first kappa shape index (κ1) is 15.5. The van der Waals surface area contributed by atoms with E-state index in [1.54, 1.807) is 11.9 Å². The number of carbonyl (C=O) groups excluding carboxylic acids is 1. The second-order valence-corrected chi connectivity index (χ2v) is 4.09. The maximum absolute atomic E-state index is 12.6. The molecule has 0 bridgehead atoms. The van der Waals surface area contributed by atoms with Crippen molar-refractivity contribution in [2.24, 2.45) is 0 Å². The van der Waals surface area contributed by atoms with Gasteiger partial charge in [0.25, 0.3) is 0 Å². The number of hydrogen-bond donors (Lipinski definition) is 0. The molecule has 0 radical (unpaired) electrons. The van der Waals surface area contributed by atoms with E-state index in [2.05, 4.69) is 4.98 Å². The van der Waals surface area contributed by atoms with E-state index >= 15 is 0 Å². The monoisotopic (exact) mass is 276 g/mol. The molecule has 0 aromatic carbocycles. The minimum absolute atomic E-state index is 0.174. The van der Waals surface area contributed by atoms with Crippen LogP contribution in [-0.4, -0.2) is 53.2 Å². The molecule has 0 spiro atoms. The normalized spacial score (nSPS) is 11.3. The number of nitrogens with zero attached hydrogens (tertiary/aromatic N) is 4. The molecule has 19 heavy (non-hydrogen) atoms. The van der Waals surface area contributed by atoms with E-state index in [0.29, 0.717) is 6.54 Å². The van der Waals surface area contributed by atoms with E-state index in [1.165, 1.54) is 26.6 Å². The Balaban J connectivity index is 2.45. The van der Waals surface area contributed by atoms with Crippen LogP contribution < -0.4 is 0 Å². The van der Waals surface area contributed by atoms with Crippen LogP contribution in [0.2, 0.25) is 0 Å². The van der Waals surface area contributed by atoms with Gasteiger partial charge in [-0.25, -0.2) is 10.0 Å². The Morgan fingerprint density at radius 2 is 2.21 bits per heavy atom. The fourth-order valence-electron chi connectivity index (χ4n) is 1.51. The Morgan fingerprint density at radius 1 is 1.53 bits per heavy atom. The molecule has 1 aromatic heterocycles. The van der Waals surface area contributed by atoms with Gasteiger partial charge in [0.1, 0.15) is 5.82 Å². The summed E-state index contributed by atoms with van der Waals surface area (Å²) >= 11 is 0. The van der Waals surface area contributed by atoms with Crippen LogP contribution in [0.3, 0.4) is 0 Å². The van der Waals surface area contributed by atoms with Crippen LogP contribution in [0.25, 0.3) is 0 Å². The van der Waals surface area contributed by atoms with Gasteiger partial charge in [-0.1, -0.05) is 0 Å². The quantitative estimate of drug-likeness (QED) is 0.700. The molecule has 8 heteroatoms. The lowest BCUT2D eigenvalue weighted by atomic mass is 10.3. The van der Waals surface area contributed by atoms with Gasteiger partial charge in [-0.3, -0.25) is 19.1 Å². The highest BCUT2D eigenvalue weighted by atomic mass is 19.3. The molecule has 0 fully saturated rings. The average Bonchev–Trinajstić information content (AvgIpc) is 2.83. The first-order valence-corrected chi connectivity index (χ1v) is 5.74. The molecule has 0 aliphatic heterocycles. The number of halogens is 2. The summed E-state index contributed by atoms with van der Waals surface area (Å²) in [5, 5.41) is 1.13. The number of rotatable bonds is 7. The molecule has 0 aliphatic rings. The highest BCUT2D eigenvalue weighted by Gasteiger charge is 2.14. The van der Waals surface area contributed by atoms with E-state index in [4.69, 9.17) is 4.84 Å². The van der Waals surface area contributed by atoms with Gasteiger partial charge in [0.05, 0.1) is 13.7 Å². The maximum atomic E-state index is 12.6. The number of imidazole rings is 1. The molecule has 1 amide bonds. The molecule has 1 rings (SSSR count). The summed E-state index contributed by atoms with van der Waals surface area (Å²) in [7, 11) is 4.66. The van der Waals surface area contributed by atoms with Gasteiger partial charge in [-0.05, 0) is 7.05 Å². The molecule has 0 N–H and O–H groups in total. The van der Waals surface area contributed by atoms with Crippen molar-refractivity contribution >= 4 is 5.91 Å². The Hall–Kier alpha value is -1.54. The minimum Gasteiger partial charge on any atom is -0.299 e. The highest BCUT2D eigenvalue weighted by Crippen LogP contribution is 2.13. The zero-order valence-corrected chi connectivity index (χ0v) is 11.2. The number of carbonyl (C=O) groups is 1. The summed E-state index contributed by atoms with van der Waals surface area (Å²) < 4.78 is 26.0. The Kier molecular flexibility index (Phi) is 5.84. The van der Waals surface area contributed by atoms with E-state index < -0.39 is 6.55 Å². The summed E-state index contributed by atoms with van der Waals surface area (Å²) in [5.74, 6) is 0.0941. The zero-order chi connectivity index (χ0) is 14.4. The summed E-state index contributed by atoms with van der Waals surface area (Å²) in [6.45, 7) is -1.92. The number of amides is 1. The lowest BCUT2D eigenvalue weighted by molar-refractivity contribution is -0.168. The van der Waals surface area contributed by atoms with Crippen LogP contribution in [0, 0.1) is 0 Å². The van der Waals surface area contributed by atoms with E-state index in [-0.39, 0.29) is 24.7 Å². The van der Waals surface area contributed by atoms with Gasteiger partial charge in [0.2, 0.25) is 5.91 Å². The van der Waals surface area contributed by atoms with Crippen LogP contribution in [0.5, 0.6) is 0 Å². The van der Waals surface area contributed by atoms with E-state index in [1.807, 2.05) is 0 Å². The van der Waals surface area contributed by atoms with Crippen LogP contribution in [0.15, 0.2) is 12.4 Å². The largest absolute Gasteiger partial charge is 0.319 e. The summed E-state index contributed by atoms with van der Waals surface area (Å²) in [6.07, 6.45) is 2.81. The van der Waals surface area contributed by atoms with Crippen molar-refractivity contribution in [3.8, 4) is 0 Å². The fraction of sp³-hybridized carbons (Fsp3) is 0.636. The molecule has 0 unspecified atom stereocenters. The third kappa shape index (κ3) is 4.56. The number of aromatic nitrogens is 2. The van der Waals surface area contributed by atoms with Gasteiger partial charge in [0, 0.05) is 32.4 Å². The third-order valence-corrected chi connectivity index (χ3v) is 2.70. The summed E-state index contributed by atoms with van der Waals surface area (Å²) in [4.78, 5) is 21.9. The average molecular weight is 276 g/mol. The predicted octanol–water partition coefficient (Wildman–Crippen LogP) is 1.12. The van der Waals surface area contributed by atoms with Gasteiger partial charge in [-0.2, -0.15) is 8.78 Å². The molecule has 108 valence electrons. The van der Waals surface area contributed by atoms with Crippen molar-refractivity contribution in [3.05, 3.63) is 18.2 Å². The van der Waals surface area contributed by atoms with Crippen molar-refractivity contribution in [1.82, 2.24) is 19.5 Å². The number of hydroxylamine groups is 2. The molecule has 1 heterocycles. The fourth-order valence-corrected chi connectivity index (χ4v) is 1.51. The van der Waals surface area contributed by atoms with Gasteiger partial charge >= 0.3 is 6.55 Å². The van der Waals surface area contributed by atoms with Crippen molar-refractivity contribution in [2.75, 3.05) is 27.7 Å². The molecule has 0 atom stereocenters. The smallest absolute Gasteiger partial charge is 0.299 e. The summed E-state index contributed by atoms with van der Waals surface area (Å²) in [5.41, 5.74) is 0. The minimum atomic E-state index is -2.60. The maximum Gasteiger partial charge on any atom is 0.319 e. The zero-order valence-electron chi connectivity index (χ0n) is 11.2. The third-order valence-electron chi connectivity index (χ3n) is 2.70. The van der Waals surface area contributed by atoms with Gasteiger partial charge < -0.3 is 0 Å². The van der Waals surface area contributed by atoms with E-state index in [9.17, 15) is 13.6 Å². The second-order valence-electron chi connectivity index (χ2n) is 4.09. The van der Waals surface area contributed by atoms with Gasteiger partial charge in [-0.15, -0.1) is 0 Å². The predicted molar refractivity (Wildman–Crippen MR) is 64.2 cm³/mol. The first-order chi connectivity index (χ1) is 8.95. The molecule has 0 saturated heterocycles. The molecule has 0 saturated carbocycles. The standard InChI is InChI=1S/C11H18F2N4O2/c1-15(6-4-10(18)16(2)19-3)8-9-14-5-7-17(9)11(12)13/h5,7,11H,4,6,8H2,1-3H3. The molecular formula is C11H18F2N4O2. The SMILES string of the molecule is CON(C)C(=O)CCN(C)Cc1nccn1C(F)F. The van der Waals surface area contributed by atoms with Crippen LogP contribution >= 0.6 is 0 Å². The molecule has 1 aromatic rings. The van der Waals surface area contributed by atoms with Crippen molar-refractivity contribution < 1.29 is 18.4 Å². The van der Waals surface area contributed by atoms with Gasteiger partial charge in [0.15, 0.2) is 0 Å². The van der Waals surface area contributed by atoms with Crippen LogP contribution in [0.1, 0.15) is 18.8 Å². The van der Waals surface area contributed by atoms with E-state index in [0.717, 1.165) is 9.63 Å². The highest BCUT2D eigenvalue weighted by molar-refractivity contribution is 5.74. The summed E-state index contributed by atoms with van der Waals surface area (Å²) in [6, 6.07) is 0. The second kappa shape index (κ2) is 7.15. The van der Waals surface area contributed by atoms with Crippen molar-refractivity contribution in [1.29, 1.82) is 0 Å². The Labute approximate surface area is 110 Å².